The summed E-state index contributed by atoms with van der Waals surface area (Å²) in [6, 6.07) is 48.2. The second-order valence-electron chi connectivity index (χ2n) is 13.7. The Hall–Kier alpha value is -5.20. The molecule has 7 aromatic rings. The smallest absolute Gasteiger partial charge is 0.0159 e. The van der Waals surface area contributed by atoms with E-state index in [4.69, 9.17) is 0 Å². The second kappa shape index (κ2) is 11.8. The molecule has 0 fully saturated rings. The molecule has 0 amide bonds. The first-order chi connectivity index (χ1) is 23.5. The predicted octanol–water partition coefficient (Wildman–Crippen LogP) is 13.6. The maximum Gasteiger partial charge on any atom is 0.0159 e. The van der Waals surface area contributed by atoms with Crippen molar-refractivity contribution < 1.29 is 0 Å². The third kappa shape index (κ3) is 4.74. The van der Waals surface area contributed by atoms with E-state index in [2.05, 4.69) is 160 Å². The van der Waals surface area contributed by atoms with Gasteiger partial charge in [0, 0.05) is 5.41 Å². The lowest BCUT2D eigenvalue weighted by Crippen LogP contribution is -2.15. The van der Waals surface area contributed by atoms with Crippen LogP contribution < -0.4 is 0 Å². The standard InChI is InChI=1S/C46H36.C2H6/c1-29-16-24-36-37-25-23-35(28-43(37)46(2,3)42(36)26-29)45-40-14-8-6-12-38(40)44(39-13-7-9-15-41(39)45)32-20-17-31(18-21-32)34-22-19-30-10-4-5-11-33(30)27-34;1-2/h5-9,11-28H,4,10H2,1-3H3;1-2H3. The van der Waals surface area contributed by atoms with Crippen molar-refractivity contribution in [2.75, 3.05) is 0 Å². The van der Waals surface area contributed by atoms with Gasteiger partial charge >= 0.3 is 0 Å². The van der Waals surface area contributed by atoms with Crippen LogP contribution in [0.3, 0.4) is 0 Å². The molecule has 9 rings (SSSR count). The molecule has 0 radical (unpaired) electrons. The molecule has 0 N–H and O–H groups in total. The van der Waals surface area contributed by atoms with Crippen LogP contribution in [-0.2, 0) is 11.8 Å². The van der Waals surface area contributed by atoms with Crippen LogP contribution in [0.1, 0.15) is 61.9 Å². The molecule has 0 atom stereocenters. The number of fused-ring (bicyclic) bond motifs is 6. The van der Waals surface area contributed by atoms with Crippen molar-refractivity contribution in [3.05, 3.63) is 161 Å². The molecule has 0 unspecified atom stereocenters. The fourth-order valence-electron chi connectivity index (χ4n) is 8.19. The van der Waals surface area contributed by atoms with Gasteiger partial charge in [-0.05, 0) is 120 Å². The van der Waals surface area contributed by atoms with Gasteiger partial charge in [0.2, 0.25) is 0 Å². The highest BCUT2D eigenvalue weighted by atomic mass is 14.4. The van der Waals surface area contributed by atoms with Gasteiger partial charge < -0.3 is 0 Å². The van der Waals surface area contributed by atoms with Crippen molar-refractivity contribution in [3.8, 4) is 44.5 Å². The largest absolute Gasteiger partial charge is 0.0836 e. The van der Waals surface area contributed by atoms with E-state index in [0.717, 1.165) is 12.8 Å². The van der Waals surface area contributed by atoms with E-state index in [1.165, 1.54) is 93.9 Å². The second-order valence-corrected chi connectivity index (χ2v) is 13.7. The fourth-order valence-corrected chi connectivity index (χ4v) is 8.19. The zero-order chi connectivity index (χ0) is 33.0. The molecule has 0 bridgehead atoms. The van der Waals surface area contributed by atoms with E-state index >= 15 is 0 Å². The number of benzene rings is 7. The fraction of sp³-hybridized carbons (Fsp3) is 0.167. The van der Waals surface area contributed by atoms with Crippen molar-refractivity contribution in [3.63, 3.8) is 0 Å². The van der Waals surface area contributed by atoms with E-state index in [-0.39, 0.29) is 5.41 Å². The van der Waals surface area contributed by atoms with Gasteiger partial charge in [-0.15, -0.1) is 0 Å². The van der Waals surface area contributed by atoms with Crippen molar-refractivity contribution >= 4 is 27.6 Å². The Morgan fingerprint density at radius 1 is 0.500 bits per heavy atom. The molecule has 7 aromatic carbocycles. The first-order valence-electron chi connectivity index (χ1n) is 17.6. The zero-order valence-corrected chi connectivity index (χ0v) is 28.7. The summed E-state index contributed by atoms with van der Waals surface area (Å²) in [6.07, 6.45) is 6.84. The predicted molar refractivity (Wildman–Crippen MR) is 209 cm³/mol. The third-order valence-corrected chi connectivity index (χ3v) is 10.6. The van der Waals surface area contributed by atoms with Gasteiger partial charge in [-0.3, -0.25) is 0 Å². The summed E-state index contributed by atoms with van der Waals surface area (Å²) in [6.45, 7) is 11.0. The molecule has 2 aliphatic rings. The molecule has 0 aliphatic heterocycles. The molecular formula is C48H42. The van der Waals surface area contributed by atoms with Crippen LogP contribution >= 0.6 is 0 Å². The first kappa shape index (κ1) is 30.2. The van der Waals surface area contributed by atoms with E-state index in [9.17, 15) is 0 Å². The van der Waals surface area contributed by atoms with E-state index < -0.39 is 0 Å². The van der Waals surface area contributed by atoms with Crippen LogP contribution in [0, 0.1) is 6.92 Å². The third-order valence-electron chi connectivity index (χ3n) is 10.6. The van der Waals surface area contributed by atoms with Crippen molar-refractivity contribution in [1.82, 2.24) is 0 Å². The summed E-state index contributed by atoms with van der Waals surface area (Å²) < 4.78 is 0. The molecule has 234 valence electrons. The Kier molecular flexibility index (Phi) is 7.41. The highest BCUT2D eigenvalue weighted by Gasteiger charge is 2.35. The number of aryl methyl sites for hydroxylation is 2. The van der Waals surface area contributed by atoms with Gasteiger partial charge in [0.15, 0.2) is 0 Å². The summed E-state index contributed by atoms with van der Waals surface area (Å²) in [4.78, 5) is 0. The maximum atomic E-state index is 2.47. The lowest BCUT2D eigenvalue weighted by molar-refractivity contribution is 0.660. The summed E-state index contributed by atoms with van der Waals surface area (Å²) in [5, 5.41) is 5.18. The van der Waals surface area contributed by atoms with Crippen LogP contribution in [0.4, 0.5) is 0 Å². The summed E-state index contributed by atoms with van der Waals surface area (Å²) >= 11 is 0. The van der Waals surface area contributed by atoms with Crippen LogP contribution in [0.25, 0.3) is 72.1 Å². The number of allylic oxidation sites excluding steroid dienone is 1. The molecule has 0 aromatic heterocycles. The van der Waals surface area contributed by atoms with Gasteiger partial charge in [-0.25, -0.2) is 0 Å². The first-order valence-corrected chi connectivity index (χ1v) is 17.6. The minimum absolute atomic E-state index is 0.0473. The topological polar surface area (TPSA) is 0 Å². The van der Waals surface area contributed by atoms with Crippen LogP contribution in [-0.4, -0.2) is 0 Å². The van der Waals surface area contributed by atoms with Crippen LogP contribution in [0.15, 0.2) is 133 Å². The van der Waals surface area contributed by atoms with Crippen molar-refractivity contribution in [1.29, 1.82) is 0 Å². The number of hydrogen-bond donors (Lipinski definition) is 0. The maximum absolute atomic E-state index is 2.47. The average molecular weight is 619 g/mol. The van der Waals surface area contributed by atoms with Gasteiger partial charge in [0.1, 0.15) is 0 Å². The quantitative estimate of drug-likeness (QED) is 0.173. The van der Waals surface area contributed by atoms with Gasteiger partial charge in [-0.1, -0.05) is 161 Å². The Morgan fingerprint density at radius 3 is 1.67 bits per heavy atom. The van der Waals surface area contributed by atoms with Gasteiger partial charge in [-0.2, -0.15) is 0 Å². The normalized spacial score (nSPS) is 13.9. The Balaban J connectivity index is 0.00000165. The van der Waals surface area contributed by atoms with Gasteiger partial charge in [0.25, 0.3) is 0 Å². The lowest BCUT2D eigenvalue weighted by atomic mass is 9.80. The lowest BCUT2D eigenvalue weighted by Gasteiger charge is -2.23. The molecule has 0 nitrogen and oxygen atoms in total. The minimum Gasteiger partial charge on any atom is -0.0836 e. The number of rotatable bonds is 3. The Morgan fingerprint density at radius 2 is 1.02 bits per heavy atom. The molecule has 0 saturated carbocycles. The van der Waals surface area contributed by atoms with Crippen LogP contribution in [0.5, 0.6) is 0 Å². The monoisotopic (exact) mass is 618 g/mol. The SMILES string of the molecule is CC.Cc1ccc2c(c1)C(C)(C)c1cc(-c3c4ccccc4c(-c4ccc(-c5ccc6c(c5)C=CCC6)cc4)c4ccccc34)ccc1-2. The van der Waals surface area contributed by atoms with E-state index in [0.29, 0.717) is 0 Å². The highest BCUT2D eigenvalue weighted by molar-refractivity contribution is 6.21. The molecule has 48 heavy (non-hydrogen) atoms. The highest BCUT2D eigenvalue weighted by Crippen LogP contribution is 2.51. The van der Waals surface area contributed by atoms with E-state index in [1.54, 1.807) is 0 Å². The summed E-state index contributed by atoms with van der Waals surface area (Å²) in [5.74, 6) is 0. The van der Waals surface area contributed by atoms with Crippen LogP contribution in [0.2, 0.25) is 0 Å². The molecule has 0 spiro atoms. The van der Waals surface area contributed by atoms with Crippen molar-refractivity contribution in [2.45, 2.75) is 52.9 Å². The molecular weight excluding hydrogens is 577 g/mol. The van der Waals surface area contributed by atoms with E-state index in [1.807, 2.05) is 13.8 Å². The molecule has 0 heteroatoms. The summed E-state index contributed by atoms with van der Waals surface area (Å²) in [5.41, 5.74) is 17.4. The zero-order valence-electron chi connectivity index (χ0n) is 28.7. The molecule has 2 aliphatic carbocycles. The minimum atomic E-state index is -0.0473. The molecule has 0 heterocycles. The molecule has 0 saturated heterocycles. The summed E-state index contributed by atoms with van der Waals surface area (Å²) in [7, 11) is 0. The Bertz CT molecular complexity index is 2320. The average Bonchev–Trinajstić information content (AvgIpc) is 3.36. The van der Waals surface area contributed by atoms with Gasteiger partial charge in [0.05, 0.1) is 0 Å². The Labute approximate surface area is 285 Å². The number of hydrogen-bond acceptors (Lipinski definition) is 0. The van der Waals surface area contributed by atoms with Crippen molar-refractivity contribution in [2.24, 2.45) is 0 Å².